The fraction of sp³-hybridized carbons (Fsp3) is 0.923. The minimum absolute atomic E-state index is 0.148. The summed E-state index contributed by atoms with van der Waals surface area (Å²) in [5, 5.41) is 7.54. The summed E-state index contributed by atoms with van der Waals surface area (Å²) in [4.78, 5) is 2.52. The molecule has 0 aromatic carbocycles. The van der Waals surface area contributed by atoms with Crippen molar-refractivity contribution in [3.63, 3.8) is 0 Å². The highest BCUT2D eigenvalue weighted by atomic mass is 16.5. The molecule has 17 heavy (non-hydrogen) atoms. The molecule has 2 rings (SSSR count). The van der Waals surface area contributed by atoms with Gasteiger partial charge in [-0.1, -0.05) is 13.8 Å². The summed E-state index contributed by atoms with van der Waals surface area (Å²) in [6, 6.07) is 0. The van der Waals surface area contributed by atoms with Gasteiger partial charge in [0.2, 0.25) is 0 Å². The molecule has 0 aromatic heterocycles. The van der Waals surface area contributed by atoms with Crippen LogP contribution in [0.4, 0.5) is 0 Å². The number of rotatable bonds is 5. The number of nitrogens with two attached hydrogens (primary N) is 1. The van der Waals surface area contributed by atoms with E-state index in [0.717, 1.165) is 32.5 Å². The molecule has 2 aliphatic heterocycles. The minimum Gasteiger partial charge on any atom is -0.387 e. The van der Waals surface area contributed by atoms with Gasteiger partial charge in [0.1, 0.15) is 0 Å². The predicted molar refractivity (Wildman–Crippen MR) is 69.3 cm³/mol. The van der Waals surface area contributed by atoms with E-state index in [-0.39, 0.29) is 5.41 Å². The van der Waals surface area contributed by atoms with Crippen LogP contribution in [-0.4, -0.2) is 42.6 Å². The molecule has 2 aliphatic rings. The SMILES string of the molecule is CC(C)(CCCN1CC2CCC(C1)O2)C(=N)N. The third kappa shape index (κ3) is 3.19. The quantitative estimate of drug-likeness (QED) is 0.566. The fourth-order valence-corrected chi connectivity index (χ4v) is 2.76. The molecule has 2 saturated heterocycles. The summed E-state index contributed by atoms with van der Waals surface area (Å²) >= 11 is 0. The van der Waals surface area contributed by atoms with E-state index in [0.29, 0.717) is 18.0 Å². The maximum absolute atomic E-state index is 7.54. The van der Waals surface area contributed by atoms with E-state index in [1.54, 1.807) is 0 Å². The van der Waals surface area contributed by atoms with Gasteiger partial charge in [-0.2, -0.15) is 0 Å². The van der Waals surface area contributed by atoms with Crippen LogP contribution in [0.2, 0.25) is 0 Å². The Morgan fingerprint density at radius 2 is 1.94 bits per heavy atom. The van der Waals surface area contributed by atoms with E-state index in [4.69, 9.17) is 15.9 Å². The molecule has 2 heterocycles. The normalized spacial score (nSPS) is 29.5. The maximum atomic E-state index is 7.54. The molecular formula is C13H25N3O. The van der Waals surface area contributed by atoms with Crippen molar-refractivity contribution in [3.8, 4) is 0 Å². The van der Waals surface area contributed by atoms with Crippen molar-refractivity contribution in [2.24, 2.45) is 11.1 Å². The topological polar surface area (TPSA) is 62.3 Å². The van der Waals surface area contributed by atoms with Crippen molar-refractivity contribution in [2.45, 2.75) is 51.7 Å². The Hall–Kier alpha value is -0.610. The van der Waals surface area contributed by atoms with E-state index >= 15 is 0 Å². The van der Waals surface area contributed by atoms with Gasteiger partial charge in [0.25, 0.3) is 0 Å². The Balaban J connectivity index is 1.71. The first-order valence-electron chi connectivity index (χ1n) is 6.70. The van der Waals surface area contributed by atoms with Crippen molar-refractivity contribution in [1.29, 1.82) is 5.41 Å². The van der Waals surface area contributed by atoms with Crippen LogP contribution in [-0.2, 0) is 4.74 Å². The summed E-state index contributed by atoms with van der Waals surface area (Å²) in [6.45, 7) is 7.41. The van der Waals surface area contributed by atoms with Crippen LogP contribution in [0.25, 0.3) is 0 Å². The van der Waals surface area contributed by atoms with Crippen LogP contribution in [0.15, 0.2) is 0 Å². The Morgan fingerprint density at radius 3 is 2.47 bits per heavy atom. The van der Waals surface area contributed by atoms with Gasteiger partial charge in [-0.05, 0) is 32.2 Å². The molecule has 3 N–H and O–H groups in total. The summed E-state index contributed by atoms with van der Waals surface area (Å²) in [5.74, 6) is 0.305. The van der Waals surface area contributed by atoms with Crippen molar-refractivity contribution < 1.29 is 4.74 Å². The van der Waals surface area contributed by atoms with Crippen molar-refractivity contribution in [2.75, 3.05) is 19.6 Å². The fourth-order valence-electron chi connectivity index (χ4n) is 2.76. The van der Waals surface area contributed by atoms with Crippen LogP contribution in [0.1, 0.15) is 39.5 Å². The minimum atomic E-state index is -0.148. The molecule has 98 valence electrons. The number of ether oxygens (including phenoxy) is 1. The van der Waals surface area contributed by atoms with Crippen molar-refractivity contribution in [1.82, 2.24) is 4.90 Å². The molecule has 4 nitrogen and oxygen atoms in total. The van der Waals surface area contributed by atoms with Crippen LogP contribution in [0.5, 0.6) is 0 Å². The monoisotopic (exact) mass is 239 g/mol. The first-order chi connectivity index (χ1) is 7.97. The average molecular weight is 239 g/mol. The Bertz CT molecular complexity index is 278. The van der Waals surface area contributed by atoms with Crippen LogP contribution >= 0.6 is 0 Å². The number of hydrogen-bond acceptors (Lipinski definition) is 3. The van der Waals surface area contributed by atoms with E-state index in [2.05, 4.69) is 18.7 Å². The number of fused-ring (bicyclic) bond motifs is 2. The first-order valence-corrected chi connectivity index (χ1v) is 6.70. The summed E-state index contributed by atoms with van der Waals surface area (Å²) in [5.41, 5.74) is 5.45. The Labute approximate surface area is 104 Å². The van der Waals surface area contributed by atoms with E-state index in [9.17, 15) is 0 Å². The van der Waals surface area contributed by atoms with Gasteiger partial charge in [-0.15, -0.1) is 0 Å². The highest BCUT2D eigenvalue weighted by Crippen LogP contribution is 2.27. The predicted octanol–water partition coefficient (Wildman–Crippen LogP) is 1.59. The molecule has 2 fully saturated rings. The number of amidine groups is 1. The molecule has 2 atom stereocenters. The number of morpholine rings is 1. The van der Waals surface area contributed by atoms with Gasteiger partial charge in [0.15, 0.2) is 0 Å². The standard InChI is InChI=1S/C13H25N3O/c1-13(2,12(14)15)6-3-7-16-8-10-4-5-11(9-16)17-10/h10-11H,3-9H2,1-2H3,(H3,14,15). The zero-order valence-corrected chi connectivity index (χ0v) is 11.0. The van der Waals surface area contributed by atoms with Crippen LogP contribution in [0.3, 0.4) is 0 Å². The van der Waals surface area contributed by atoms with E-state index in [1.807, 2.05) is 0 Å². The van der Waals surface area contributed by atoms with Gasteiger partial charge in [0.05, 0.1) is 18.0 Å². The Morgan fingerprint density at radius 1 is 1.35 bits per heavy atom. The molecule has 0 amide bonds. The van der Waals surface area contributed by atoms with Gasteiger partial charge in [0, 0.05) is 18.5 Å². The molecule has 0 radical (unpaired) electrons. The first kappa shape index (κ1) is 12.8. The smallest absolute Gasteiger partial charge is 0.0963 e. The third-order valence-corrected chi connectivity index (χ3v) is 4.12. The lowest BCUT2D eigenvalue weighted by molar-refractivity contribution is -0.0388. The van der Waals surface area contributed by atoms with Gasteiger partial charge < -0.3 is 10.5 Å². The molecule has 4 heteroatoms. The molecule has 0 spiro atoms. The van der Waals surface area contributed by atoms with Gasteiger partial charge >= 0.3 is 0 Å². The van der Waals surface area contributed by atoms with Crippen molar-refractivity contribution in [3.05, 3.63) is 0 Å². The lowest BCUT2D eigenvalue weighted by atomic mass is 9.86. The second-order valence-electron chi connectivity index (χ2n) is 6.12. The molecular weight excluding hydrogens is 214 g/mol. The molecule has 0 saturated carbocycles. The third-order valence-electron chi connectivity index (χ3n) is 4.12. The van der Waals surface area contributed by atoms with Gasteiger partial charge in [-0.25, -0.2) is 0 Å². The average Bonchev–Trinajstić information content (AvgIpc) is 2.58. The maximum Gasteiger partial charge on any atom is 0.0963 e. The summed E-state index contributed by atoms with van der Waals surface area (Å²) in [6.07, 6.45) is 5.55. The number of likely N-dealkylation sites (tertiary alicyclic amines) is 1. The van der Waals surface area contributed by atoms with E-state index in [1.165, 1.54) is 12.8 Å². The van der Waals surface area contributed by atoms with E-state index < -0.39 is 0 Å². The molecule has 2 bridgehead atoms. The lowest BCUT2D eigenvalue weighted by Crippen LogP contribution is -2.43. The highest BCUT2D eigenvalue weighted by Gasteiger charge is 2.33. The molecule has 0 aliphatic carbocycles. The number of nitrogens with one attached hydrogen (secondary N) is 1. The number of hydrogen-bond donors (Lipinski definition) is 2. The lowest BCUT2D eigenvalue weighted by Gasteiger charge is -2.33. The van der Waals surface area contributed by atoms with Crippen molar-refractivity contribution >= 4 is 5.84 Å². The molecule has 0 aromatic rings. The second-order valence-corrected chi connectivity index (χ2v) is 6.12. The number of nitrogens with zero attached hydrogens (tertiary/aromatic N) is 1. The van der Waals surface area contributed by atoms with Crippen LogP contribution < -0.4 is 5.73 Å². The van der Waals surface area contributed by atoms with Gasteiger partial charge in [-0.3, -0.25) is 10.3 Å². The largest absolute Gasteiger partial charge is 0.387 e. The zero-order chi connectivity index (χ0) is 12.5. The second kappa shape index (κ2) is 4.94. The summed E-state index contributed by atoms with van der Waals surface area (Å²) < 4.78 is 5.82. The Kier molecular flexibility index (Phi) is 3.73. The zero-order valence-electron chi connectivity index (χ0n) is 11.0. The highest BCUT2D eigenvalue weighted by molar-refractivity contribution is 5.82. The molecule has 2 unspecified atom stereocenters. The van der Waals surface area contributed by atoms with Crippen LogP contribution in [0, 0.1) is 10.8 Å². The summed E-state index contributed by atoms with van der Waals surface area (Å²) in [7, 11) is 0.